The molecule has 6 nitrogen and oxygen atoms in total. The summed E-state index contributed by atoms with van der Waals surface area (Å²) in [4.78, 5) is 12.0. The van der Waals surface area contributed by atoms with E-state index in [2.05, 4.69) is 58.2 Å². The topological polar surface area (TPSA) is 69.0 Å². The quantitative estimate of drug-likeness (QED) is 0.446. The predicted octanol–water partition coefficient (Wildman–Crippen LogP) is 2.96. The Balaban J connectivity index is 1.93. The highest BCUT2D eigenvalue weighted by atomic mass is 32.2. The van der Waals surface area contributed by atoms with Gasteiger partial charge in [-0.2, -0.15) is 0 Å². The number of thioether (sulfide) groups is 1. The van der Waals surface area contributed by atoms with Crippen molar-refractivity contribution in [2.24, 2.45) is 5.92 Å². The predicted molar refractivity (Wildman–Crippen MR) is 109 cm³/mol. The van der Waals surface area contributed by atoms with Crippen LogP contribution in [0.5, 0.6) is 0 Å². The summed E-state index contributed by atoms with van der Waals surface area (Å²) in [5.74, 6) is 1.83. The Morgan fingerprint density at radius 1 is 1.22 bits per heavy atom. The van der Waals surface area contributed by atoms with Gasteiger partial charge in [0.1, 0.15) is 5.82 Å². The molecule has 0 saturated heterocycles. The normalized spacial score (nSPS) is 11.1. The monoisotopic (exact) mass is 390 g/mol. The Hall–Kier alpha value is -1.86. The van der Waals surface area contributed by atoms with Crippen molar-refractivity contribution < 1.29 is 9.53 Å². The Morgan fingerprint density at radius 3 is 2.70 bits per heavy atom. The van der Waals surface area contributed by atoms with Crippen LogP contribution in [0.2, 0.25) is 0 Å². The van der Waals surface area contributed by atoms with E-state index in [0.717, 1.165) is 36.8 Å². The van der Waals surface area contributed by atoms with Gasteiger partial charge in [0, 0.05) is 33.2 Å². The lowest BCUT2D eigenvalue weighted by atomic mass is 10.1. The second kappa shape index (κ2) is 11.8. The molecule has 1 heterocycles. The maximum absolute atomic E-state index is 12.0. The van der Waals surface area contributed by atoms with Crippen LogP contribution < -0.4 is 5.32 Å². The Kier molecular flexibility index (Phi) is 9.35. The smallest absolute Gasteiger partial charge is 0.230 e. The minimum Gasteiger partial charge on any atom is -0.385 e. The van der Waals surface area contributed by atoms with Crippen LogP contribution in [-0.4, -0.2) is 46.7 Å². The van der Waals surface area contributed by atoms with Gasteiger partial charge in [0.15, 0.2) is 5.16 Å². The van der Waals surface area contributed by atoms with E-state index in [0.29, 0.717) is 24.8 Å². The van der Waals surface area contributed by atoms with E-state index in [9.17, 15) is 4.79 Å². The van der Waals surface area contributed by atoms with Crippen molar-refractivity contribution in [2.45, 2.75) is 44.8 Å². The molecule has 1 N–H and O–H groups in total. The van der Waals surface area contributed by atoms with Crippen LogP contribution in [0.4, 0.5) is 0 Å². The molecule has 0 fully saturated rings. The molecule has 0 radical (unpaired) electrons. The number of carbonyl (C=O) groups excluding carboxylic acids is 1. The van der Waals surface area contributed by atoms with Crippen LogP contribution in [0, 0.1) is 5.92 Å². The lowest BCUT2D eigenvalue weighted by Crippen LogP contribution is -2.27. The number of ether oxygens (including phenoxy) is 1. The lowest BCUT2D eigenvalue weighted by molar-refractivity contribution is -0.118. The third kappa shape index (κ3) is 7.72. The highest BCUT2D eigenvalue weighted by Crippen LogP contribution is 2.19. The van der Waals surface area contributed by atoms with E-state index in [4.69, 9.17) is 4.74 Å². The molecule has 7 heteroatoms. The largest absolute Gasteiger partial charge is 0.385 e. The van der Waals surface area contributed by atoms with Gasteiger partial charge < -0.3 is 14.6 Å². The molecule has 0 spiro atoms. The summed E-state index contributed by atoms with van der Waals surface area (Å²) in [5.41, 5.74) is 1.29. The third-order valence-electron chi connectivity index (χ3n) is 4.00. The SMILES string of the molecule is COCCCNC(=O)CSc1nnc(CCc2ccccc2)n1CC(C)C. The lowest BCUT2D eigenvalue weighted by Gasteiger charge is -2.12. The Bertz CT molecular complexity index is 689. The number of hydrogen-bond donors (Lipinski definition) is 1. The van der Waals surface area contributed by atoms with Crippen LogP contribution in [0.25, 0.3) is 0 Å². The molecule has 1 amide bonds. The van der Waals surface area contributed by atoms with Crippen molar-refractivity contribution >= 4 is 17.7 Å². The molecule has 2 rings (SSSR count). The molecular weight excluding hydrogens is 360 g/mol. The number of benzene rings is 1. The number of carbonyl (C=O) groups is 1. The minimum atomic E-state index is 0.0148. The molecule has 1 aromatic heterocycles. The molecule has 0 aliphatic carbocycles. The molecular formula is C20H30N4O2S. The van der Waals surface area contributed by atoms with Gasteiger partial charge in [-0.05, 0) is 24.3 Å². The van der Waals surface area contributed by atoms with Crippen molar-refractivity contribution in [1.82, 2.24) is 20.1 Å². The number of aromatic nitrogens is 3. The van der Waals surface area contributed by atoms with Crippen LogP contribution in [0.15, 0.2) is 35.5 Å². The first kappa shape index (κ1) is 21.4. The number of nitrogens with one attached hydrogen (secondary N) is 1. The first-order chi connectivity index (χ1) is 13.1. The van der Waals surface area contributed by atoms with E-state index < -0.39 is 0 Å². The summed E-state index contributed by atoms with van der Waals surface area (Å²) in [6, 6.07) is 10.4. The van der Waals surface area contributed by atoms with E-state index in [1.54, 1.807) is 7.11 Å². The number of aryl methyl sites for hydroxylation is 2. The van der Waals surface area contributed by atoms with Crippen LogP contribution in [0.3, 0.4) is 0 Å². The average Bonchev–Trinajstić information content (AvgIpc) is 3.03. The molecule has 27 heavy (non-hydrogen) atoms. The first-order valence-corrected chi connectivity index (χ1v) is 10.4. The molecule has 1 aromatic carbocycles. The van der Waals surface area contributed by atoms with Crippen molar-refractivity contribution in [3.05, 3.63) is 41.7 Å². The summed E-state index contributed by atoms with van der Waals surface area (Å²) in [6.45, 7) is 6.50. The second-order valence-electron chi connectivity index (χ2n) is 6.87. The zero-order valence-corrected chi connectivity index (χ0v) is 17.3. The molecule has 148 valence electrons. The fraction of sp³-hybridized carbons (Fsp3) is 0.550. The van der Waals surface area contributed by atoms with Crippen molar-refractivity contribution in [2.75, 3.05) is 26.0 Å². The highest BCUT2D eigenvalue weighted by molar-refractivity contribution is 7.99. The number of nitrogens with zero attached hydrogens (tertiary/aromatic N) is 3. The summed E-state index contributed by atoms with van der Waals surface area (Å²) in [5, 5.41) is 12.5. The van der Waals surface area contributed by atoms with Gasteiger partial charge in [-0.3, -0.25) is 4.79 Å². The minimum absolute atomic E-state index is 0.0148. The Labute approximate surface area is 166 Å². The van der Waals surface area contributed by atoms with Gasteiger partial charge in [0.2, 0.25) is 5.91 Å². The molecule has 0 atom stereocenters. The molecule has 0 aliphatic heterocycles. The van der Waals surface area contributed by atoms with E-state index in [-0.39, 0.29) is 5.91 Å². The summed E-state index contributed by atoms with van der Waals surface area (Å²) < 4.78 is 7.15. The molecule has 0 saturated carbocycles. The second-order valence-corrected chi connectivity index (χ2v) is 7.82. The molecule has 0 aliphatic rings. The highest BCUT2D eigenvalue weighted by Gasteiger charge is 2.15. The summed E-state index contributed by atoms with van der Waals surface area (Å²) in [7, 11) is 1.66. The van der Waals surface area contributed by atoms with E-state index >= 15 is 0 Å². The third-order valence-corrected chi connectivity index (χ3v) is 4.97. The van der Waals surface area contributed by atoms with Crippen LogP contribution in [-0.2, 0) is 28.9 Å². The fourth-order valence-electron chi connectivity index (χ4n) is 2.69. The van der Waals surface area contributed by atoms with Crippen LogP contribution in [0.1, 0.15) is 31.7 Å². The number of amides is 1. The average molecular weight is 391 g/mol. The molecule has 0 bridgehead atoms. The van der Waals surface area contributed by atoms with E-state index in [1.807, 2.05) is 6.07 Å². The first-order valence-electron chi connectivity index (χ1n) is 9.44. The van der Waals surface area contributed by atoms with Gasteiger partial charge in [0.25, 0.3) is 0 Å². The molecule has 2 aromatic rings. The standard InChI is InChI=1S/C20H30N4O2S/c1-16(2)14-24-18(11-10-17-8-5-4-6-9-17)22-23-20(24)27-15-19(25)21-12-7-13-26-3/h4-6,8-9,16H,7,10-15H2,1-3H3,(H,21,25). The van der Waals surface area contributed by atoms with Gasteiger partial charge >= 0.3 is 0 Å². The zero-order chi connectivity index (χ0) is 19.5. The van der Waals surface area contributed by atoms with Gasteiger partial charge in [-0.1, -0.05) is 55.9 Å². The maximum Gasteiger partial charge on any atom is 0.230 e. The summed E-state index contributed by atoms with van der Waals surface area (Å²) in [6.07, 6.45) is 2.59. The van der Waals surface area contributed by atoms with Crippen LogP contribution >= 0.6 is 11.8 Å². The van der Waals surface area contributed by atoms with E-state index in [1.165, 1.54) is 17.3 Å². The number of rotatable bonds is 12. The van der Waals surface area contributed by atoms with Gasteiger partial charge in [-0.15, -0.1) is 10.2 Å². The van der Waals surface area contributed by atoms with Crippen molar-refractivity contribution in [3.63, 3.8) is 0 Å². The zero-order valence-electron chi connectivity index (χ0n) is 16.5. The Morgan fingerprint density at radius 2 is 2.00 bits per heavy atom. The molecule has 0 unspecified atom stereocenters. The maximum atomic E-state index is 12.0. The van der Waals surface area contributed by atoms with Crippen molar-refractivity contribution in [1.29, 1.82) is 0 Å². The number of methoxy groups -OCH3 is 1. The van der Waals surface area contributed by atoms with Gasteiger partial charge in [0.05, 0.1) is 5.75 Å². The summed E-state index contributed by atoms with van der Waals surface area (Å²) >= 11 is 1.45. The fourth-order valence-corrected chi connectivity index (χ4v) is 3.48. The van der Waals surface area contributed by atoms with Gasteiger partial charge in [-0.25, -0.2) is 0 Å². The van der Waals surface area contributed by atoms with Crippen molar-refractivity contribution in [3.8, 4) is 0 Å². The number of hydrogen-bond acceptors (Lipinski definition) is 5.